The summed E-state index contributed by atoms with van der Waals surface area (Å²) >= 11 is 0. The van der Waals surface area contributed by atoms with E-state index in [2.05, 4.69) is 16.7 Å². The monoisotopic (exact) mass is 218 g/mol. The smallest absolute Gasteiger partial charge is 0.319 e. The highest BCUT2D eigenvalue weighted by molar-refractivity contribution is 5.74. The van der Waals surface area contributed by atoms with E-state index < -0.39 is 0 Å². The number of nitrogens with one attached hydrogen (secondary N) is 2. The molecule has 1 rings (SSSR count). The Hall–Kier alpha value is -1.77. The first kappa shape index (κ1) is 12.3. The van der Waals surface area contributed by atoms with E-state index in [0.717, 1.165) is 12.0 Å². The van der Waals surface area contributed by atoms with Crippen molar-refractivity contribution in [2.45, 2.75) is 26.8 Å². The summed E-state index contributed by atoms with van der Waals surface area (Å²) in [4.78, 5) is 11.3. The molecule has 0 heterocycles. The summed E-state index contributed by atoms with van der Waals surface area (Å²) in [5.74, 6) is 0. The molecule has 0 atom stereocenters. The average Bonchev–Trinajstić information content (AvgIpc) is 2.27. The molecule has 0 aliphatic carbocycles. The van der Waals surface area contributed by atoms with Gasteiger partial charge in [0.1, 0.15) is 0 Å². The van der Waals surface area contributed by atoms with E-state index in [4.69, 9.17) is 0 Å². The standard InChI is InChI=1S/C13H18N2O/c1-3-4-8-14-13(16)15-10-12-7-5-6-11(2)9-12/h4-9H,3,10H2,1-2H3,(H2,14,15,16)/b8-4+. The van der Waals surface area contributed by atoms with Crippen LogP contribution in [0.4, 0.5) is 4.79 Å². The third-order valence-electron chi connectivity index (χ3n) is 2.10. The molecule has 86 valence electrons. The first-order valence-corrected chi connectivity index (χ1v) is 5.47. The van der Waals surface area contributed by atoms with Crippen molar-refractivity contribution < 1.29 is 4.79 Å². The van der Waals surface area contributed by atoms with Gasteiger partial charge in [0, 0.05) is 12.7 Å². The van der Waals surface area contributed by atoms with Crippen LogP contribution in [0.3, 0.4) is 0 Å². The molecule has 0 aliphatic heterocycles. The van der Waals surface area contributed by atoms with E-state index in [1.54, 1.807) is 6.20 Å². The number of rotatable bonds is 4. The molecule has 1 aromatic carbocycles. The number of benzene rings is 1. The minimum Gasteiger partial charge on any atom is -0.334 e. The van der Waals surface area contributed by atoms with Crippen LogP contribution in [0.25, 0.3) is 0 Å². The quantitative estimate of drug-likeness (QED) is 0.801. The number of hydrogen-bond acceptors (Lipinski definition) is 1. The van der Waals surface area contributed by atoms with Gasteiger partial charge in [-0.15, -0.1) is 0 Å². The van der Waals surface area contributed by atoms with Crippen LogP contribution < -0.4 is 10.6 Å². The molecule has 0 unspecified atom stereocenters. The number of urea groups is 1. The summed E-state index contributed by atoms with van der Waals surface area (Å²) in [7, 11) is 0. The number of aryl methyl sites for hydroxylation is 1. The van der Waals surface area contributed by atoms with Crippen LogP contribution in [0.15, 0.2) is 36.5 Å². The van der Waals surface area contributed by atoms with Gasteiger partial charge < -0.3 is 10.6 Å². The van der Waals surface area contributed by atoms with E-state index in [9.17, 15) is 4.79 Å². The SMILES string of the molecule is CC/C=C/NC(=O)NCc1cccc(C)c1. The maximum atomic E-state index is 11.3. The van der Waals surface area contributed by atoms with Gasteiger partial charge in [-0.25, -0.2) is 4.79 Å². The van der Waals surface area contributed by atoms with Crippen molar-refractivity contribution >= 4 is 6.03 Å². The van der Waals surface area contributed by atoms with Gasteiger partial charge in [0.2, 0.25) is 0 Å². The number of allylic oxidation sites excluding steroid dienone is 1. The summed E-state index contributed by atoms with van der Waals surface area (Å²) in [6.45, 7) is 4.60. The van der Waals surface area contributed by atoms with Crippen molar-refractivity contribution in [1.82, 2.24) is 10.6 Å². The fourth-order valence-electron chi connectivity index (χ4n) is 1.31. The van der Waals surface area contributed by atoms with Crippen molar-refractivity contribution in [3.8, 4) is 0 Å². The van der Waals surface area contributed by atoms with Gasteiger partial charge in [-0.05, 0) is 18.9 Å². The van der Waals surface area contributed by atoms with E-state index in [1.165, 1.54) is 5.56 Å². The molecule has 3 nitrogen and oxygen atoms in total. The molecule has 3 heteroatoms. The van der Waals surface area contributed by atoms with Gasteiger partial charge >= 0.3 is 6.03 Å². The second kappa shape index (κ2) is 6.67. The number of carbonyl (C=O) groups is 1. The Bertz CT molecular complexity index is 372. The van der Waals surface area contributed by atoms with Gasteiger partial charge in [-0.2, -0.15) is 0 Å². The zero-order valence-corrected chi connectivity index (χ0v) is 9.79. The van der Waals surface area contributed by atoms with Gasteiger partial charge in [0.25, 0.3) is 0 Å². The van der Waals surface area contributed by atoms with Gasteiger partial charge in [0.15, 0.2) is 0 Å². The normalized spacial score (nSPS) is 10.4. The van der Waals surface area contributed by atoms with Crippen LogP contribution in [0.1, 0.15) is 24.5 Å². The molecule has 0 bridgehead atoms. The molecule has 0 radical (unpaired) electrons. The Morgan fingerprint density at radius 2 is 2.25 bits per heavy atom. The van der Waals surface area contributed by atoms with Crippen LogP contribution in [-0.4, -0.2) is 6.03 Å². The van der Waals surface area contributed by atoms with E-state index >= 15 is 0 Å². The van der Waals surface area contributed by atoms with Gasteiger partial charge in [-0.3, -0.25) is 0 Å². The third kappa shape index (κ3) is 4.64. The minimum atomic E-state index is -0.175. The Kier molecular flexibility index (Phi) is 5.12. The van der Waals surface area contributed by atoms with Crippen LogP contribution >= 0.6 is 0 Å². The highest BCUT2D eigenvalue weighted by Gasteiger charge is 1.97. The molecule has 0 aliphatic rings. The molecule has 1 aromatic rings. The second-order valence-electron chi connectivity index (χ2n) is 3.63. The van der Waals surface area contributed by atoms with Gasteiger partial charge in [-0.1, -0.05) is 42.8 Å². The first-order chi connectivity index (χ1) is 7.72. The lowest BCUT2D eigenvalue weighted by Crippen LogP contribution is -2.31. The summed E-state index contributed by atoms with van der Waals surface area (Å²) in [6, 6.07) is 7.90. The van der Waals surface area contributed by atoms with Crippen LogP contribution in [-0.2, 0) is 6.54 Å². The molecule has 2 amide bonds. The van der Waals surface area contributed by atoms with Gasteiger partial charge in [0.05, 0.1) is 0 Å². The maximum Gasteiger partial charge on any atom is 0.319 e. The van der Waals surface area contributed by atoms with E-state index in [-0.39, 0.29) is 6.03 Å². The minimum absolute atomic E-state index is 0.175. The molecular formula is C13H18N2O. The Morgan fingerprint density at radius 1 is 1.44 bits per heavy atom. The zero-order chi connectivity index (χ0) is 11.8. The molecule has 0 aromatic heterocycles. The average molecular weight is 218 g/mol. The van der Waals surface area contributed by atoms with Crippen LogP contribution in [0.5, 0.6) is 0 Å². The lowest BCUT2D eigenvalue weighted by atomic mass is 10.1. The van der Waals surface area contributed by atoms with Crippen molar-refractivity contribution in [2.24, 2.45) is 0 Å². The number of amides is 2. The zero-order valence-electron chi connectivity index (χ0n) is 9.79. The molecule has 0 fully saturated rings. The fourth-order valence-corrected chi connectivity index (χ4v) is 1.31. The summed E-state index contributed by atoms with van der Waals surface area (Å²) < 4.78 is 0. The molecular weight excluding hydrogens is 200 g/mol. The number of hydrogen-bond donors (Lipinski definition) is 2. The molecule has 0 spiro atoms. The van der Waals surface area contributed by atoms with Crippen LogP contribution in [0.2, 0.25) is 0 Å². The lowest BCUT2D eigenvalue weighted by Gasteiger charge is -2.05. The summed E-state index contributed by atoms with van der Waals surface area (Å²) in [5.41, 5.74) is 2.31. The van der Waals surface area contributed by atoms with E-state index in [0.29, 0.717) is 6.54 Å². The molecule has 2 N–H and O–H groups in total. The highest BCUT2D eigenvalue weighted by atomic mass is 16.2. The summed E-state index contributed by atoms with van der Waals surface area (Å²) in [5, 5.41) is 5.42. The second-order valence-corrected chi connectivity index (χ2v) is 3.63. The Labute approximate surface area is 96.6 Å². The third-order valence-corrected chi connectivity index (χ3v) is 2.10. The predicted octanol–water partition coefficient (Wildman–Crippen LogP) is 2.72. The van der Waals surface area contributed by atoms with Crippen LogP contribution in [0, 0.1) is 6.92 Å². The van der Waals surface area contributed by atoms with E-state index in [1.807, 2.05) is 38.1 Å². The Morgan fingerprint density at radius 3 is 2.94 bits per heavy atom. The number of carbonyl (C=O) groups excluding carboxylic acids is 1. The summed E-state index contributed by atoms with van der Waals surface area (Å²) in [6.07, 6.45) is 4.47. The lowest BCUT2D eigenvalue weighted by molar-refractivity contribution is 0.243. The maximum absolute atomic E-state index is 11.3. The van der Waals surface area contributed by atoms with Crippen molar-refractivity contribution in [3.05, 3.63) is 47.7 Å². The van der Waals surface area contributed by atoms with Crippen molar-refractivity contribution in [2.75, 3.05) is 0 Å². The van der Waals surface area contributed by atoms with Crippen molar-refractivity contribution in [3.63, 3.8) is 0 Å². The van der Waals surface area contributed by atoms with Crippen molar-refractivity contribution in [1.29, 1.82) is 0 Å². The Balaban J connectivity index is 2.34. The predicted molar refractivity (Wildman–Crippen MR) is 66.0 cm³/mol. The molecule has 16 heavy (non-hydrogen) atoms. The molecule has 0 saturated carbocycles. The first-order valence-electron chi connectivity index (χ1n) is 5.47. The molecule has 0 saturated heterocycles. The largest absolute Gasteiger partial charge is 0.334 e. The topological polar surface area (TPSA) is 41.1 Å². The fraction of sp³-hybridized carbons (Fsp3) is 0.308. The highest BCUT2D eigenvalue weighted by Crippen LogP contribution is 2.02.